The van der Waals surface area contributed by atoms with Crippen LogP contribution in [-0.4, -0.2) is 23.4 Å². The molecule has 3 rings (SSSR count). The van der Waals surface area contributed by atoms with Crippen LogP contribution >= 0.6 is 0 Å². The molecular weight excluding hydrogens is 336 g/mol. The van der Waals surface area contributed by atoms with Crippen molar-refractivity contribution in [3.63, 3.8) is 0 Å². The molecule has 0 atom stereocenters. The highest BCUT2D eigenvalue weighted by Gasteiger charge is 2.17. The van der Waals surface area contributed by atoms with Gasteiger partial charge in [0.25, 0.3) is 11.6 Å². The number of esters is 1. The number of aryl methyl sites for hydroxylation is 2. The molecule has 0 unspecified atom stereocenters. The summed E-state index contributed by atoms with van der Waals surface area (Å²) in [5.41, 5.74) is 3.31. The van der Waals surface area contributed by atoms with Crippen LogP contribution < -0.4 is 5.32 Å². The van der Waals surface area contributed by atoms with Crippen molar-refractivity contribution in [2.24, 2.45) is 0 Å². The summed E-state index contributed by atoms with van der Waals surface area (Å²) in [6.45, 7) is -0.434. The maximum absolute atomic E-state index is 11.9. The van der Waals surface area contributed by atoms with Gasteiger partial charge in [0.2, 0.25) is 0 Å². The van der Waals surface area contributed by atoms with Crippen molar-refractivity contribution in [2.45, 2.75) is 25.7 Å². The summed E-state index contributed by atoms with van der Waals surface area (Å²) < 4.78 is 4.93. The second-order valence-corrected chi connectivity index (χ2v) is 6.11. The van der Waals surface area contributed by atoms with Crippen LogP contribution in [-0.2, 0) is 33.6 Å². The lowest BCUT2D eigenvalue weighted by atomic mass is 10.1. The number of carbonyl (C=O) groups excluding carboxylic acids is 2. The first-order chi connectivity index (χ1) is 12.5. The molecule has 7 heteroatoms. The van der Waals surface area contributed by atoms with E-state index in [2.05, 4.69) is 5.32 Å². The highest BCUT2D eigenvalue weighted by atomic mass is 16.6. The lowest BCUT2D eigenvalue weighted by molar-refractivity contribution is -0.385. The first-order valence-electron chi connectivity index (χ1n) is 8.32. The minimum atomic E-state index is -0.691. The Hall–Kier alpha value is -3.22. The second kappa shape index (κ2) is 7.77. The number of hydrogen-bond donors (Lipinski definition) is 1. The summed E-state index contributed by atoms with van der Waals surface area (Å²) in [7, 11) is 0. The average molecular weight is 354 g/mol. The standard InChI is InChI=1S/C19H18N2O5/c22-18(20-16-9-8-13-5-3-6-14(13)10-16)12-26-19(23)11-15-4-1-2-7-17(15)21(24)25/h1-2,4,7-10H,3,5-6,11-12H2,(H,20,22). The van der Waals surface area contributed by atoms with E-state index in [4.69, 9.17) is 4.74 Å². The average Bonchev–Trinajstić information content (AvgIpc) is 3.08. The van der Waals surface area contributed by atoms with Crippen molar-refractivity contribution in [1.82, 2.24) is 0 Å². The fraction of sp³-hybridized carbons (Fsp3) is 0.263. The summed E-state index contributed by atoms with van der Waals surface area (Å²) in [6.07, 6.45) is 2.93. The summed E-state index contributed by atoms with van der Waals surface area (Å²) in [4.78, 5) is 34.2. The quantitative estimate of drug-likeness (QED) is 0.489. The van der Waals surface area contributed by atoms with E-state index < -0.39 is 23.4 Å². The van der Waals surface area contributed by atoms with Crippen LogP contribution in [0.2, 0.25) is 0 Å². The number of ether oxygens (including phenoxy) is 1. The number of amides is 1. The Morgan fingerprint density at radius 2 is 1.88 bits per heavy atom. The molecule has 1 aliphatic rings. The molecule has 1 amide bonds. The number of benzene rings is 2. The number of nitrogens with one attached hydrogen (secondary N) is 1. The van der Waals surface area contributed by atoms with Crippen molar-refractivity contribution in [1.29, 1.82) is 0 Å². The van der Waals surface area contributed by atoms with Crippen molar-refractivity contribution < 1.29 is 19.2 Å². The van der Waals surface area contributed by atoms with Crippen LogP contribution in [0.5, 0.6) is 0 Å². The van der Waals surface area contributed by atoms with Gasteiger partial charge in [0.15, 0.2) is 6.61 Å². The number of rotatable bonds is 6. The molecule has 0 spiro atoms. The third-order valence-corrected chi connectivity index (χ3v) is 4.27. The van der Waals surface area contributed by atoms with Gasteiger partial charge in [0, 0.05) is 17.3 Å². The predicted octanol–water partition coefficient (Wildman–Crippen LogP) is 2.81. The monoisotopic (exact) mass is 354 g/mol. The lowest BCUT2D eigenvalue weighted by Crippen LogP contribution is -2.21. The highest BCUT2D eigenvalue weighted by Crippen LogP contribution is 2.24. The summed E-state index contributed by atoms with van der Waals surface area (Å²) >= 11 is 0. The summed E-state index contributed by atoms with van der Waals surface area (Å²) in [6, 6.07) is 11.7. The first kappa shape index (κ1) is 17.6. The molecule has 0 bridgehead atoms. The number of hydrogen-bond acceptors (Lipinski definition) is 5. The molecule has 1 N–H and O–H groups in total. The molecule has 0 radical (unpaired) electrons. The molecule has 0 heterocycles. The largest absolute Gasteiger partial charge is 0.455 e. The van der Waals surface area contributed by atoms with E-state index in [1.165, 1.54) is 29.3 Å². The molecule has 26 heavy (non-hydrogen) atoms. The Labute approximate surface area is 150 Å². The van der Waals surface area contributed by atoms with Crippen molar-refractivity contribution in [3.05, 3.63) is 69.3 Å². The van der Waals surface area contributed by atoms with Gasteiger partial charge in [-0.05, 0) is 42.5 Å². The summed E-state index contributed by atoms with van der Waals surface area (Å²) in [5.74, 6) is -1.14. The van der Waals surface area contributed by atoms with Gasteiger partial charge >= 0.3 is 5.97 Å². The Kier molecular flexibility index (Phi) is 5.26. The van der Waals surface area contributed by atoms with Crippen molar-refractivity contribution in [2.75, 3.05) is 11.9 Å². The van der Waals surface area contributed by atoms with E-state index in [0.29, 0.717) is 5.69 Å². The molecule has 7 nitrogen and oxygen atoms in total. The number of nitro benzene ring substituents is 1. The molecular formula is C19H18N2O5. The van der Waals surface area contributed by atoms with Gasteiger partial charge in [-0.15, -0.1) is 0 Å². The van der Waals surface area contributed by atoms with Gasteiger partial charge in [-0.2, -0.15) is 0 Å². The van der Waals surface area contributed by atoms with Crippen LogP contribution in [0.3, 0.4) is 0 Å². The Bertz CT molecular complexity index is 863. The lowest BCUT2D eigenvalue weighted by Gasteiger charge is -2.08. The molecule has 0 aliphatic heterocycles. The third-order valence-electron chi connectivity index (χ3n) is 4.27. The normalized spacial score (nSPS) is 12.3. The van der Waals surface area contributed by atoms with Gasteiger partial charge < -0.3 is 10.1 Å². The number of nitrogens with zero attached hydrogens (tertiary/aromatic N) is 1. The minimum Gasteiger partial charge on any atom is -0.455 e. The number of nitro groups is 1. The molecule has 134 valence electrons. The van der Waals surface area contributed by atoms with Gasteiger partial charge in [-0.25, -0.2) is 0 Å². The molecule has 2 aromatic rings. The van der Waals surface area contributed by atoms with Crippen LogP contribution in [0, 0.1) is 10.1 Å². The van der Waals surface area contributed by atoms with Gasteiger partial charge in [-0.1, -0.05) is 24.3 Å². The molecule has 0 aromatic heterocycles. The molecule has 0 saturated heterocycles. The van der Waals surface area contributed by atoms with Gasteiger partial charge in [0.05, 0.1) is 11.3 Å². The number of anilines is 1. The summed E-state index contributed by atoms with van der Waals surface area (Å²) in [5, 5.41) is 13.6. The fourth-order valence-electron chi connectivity index (χ4n) is 3.04. The van der Waals surface area contributed by atoms with Crippen molar-refractivity contribution in [3.8, 4) is 0 Å². The van der Waals surface area contributed by atoms with Crippen LogP contribution in [0.1, 0.15) is 23.1 Å². The first-order valence-corrected chi connectivity index (χ1v) is 8.32. The Balaban J connectivity index is 1.51. The number of fused-ring (bicyclic) bond motifs is 1. The van der Waals surface area contributed by atoms with E-state index >= 15 is 0 Å². The van der Waals surface area contributed by atoms with Crippen LogP contribution in [0.15, 0.2) is 42.5 Å². The number of carbonyl (C=O) groups is 2. The van der Waals surface area contributed by atoms with Gasteiger partial charge in [-0.3, -0.25) is 19.7 Å². The van der Waals surface area contributed by atoms with E-state index in [9.17, 15) is 19.7 Å². The SMILES string of the molecule is O=C(COC(=O)Cc1ccccc1[N+](=O)[O-])Nc1ccc2c(c1)CCC2. The zero-order valence-electron chi connectivity index (χ0n) is 14.1. The van der Waals surface area contributed by atoms with Crippen molar-refractivity contribution >= 4 is 23.3 Å². The predicted molar refractivity (Wildman–Crippen MR) is 94.9 cm³/mol. The topological polar surface area (TPSA) is 98.5 Å². The Morgan fingerprint density at radius 1 is 1.12 bits per heavy atom. The smallest absolute Gasteiger partial charge is 0.311 e. The Morgan fingerprint density at radius 3 is 2.69 bits per heavy atom. The zero-order valence-corrected chi connectivity index (χ0v) is 14.1. The van der Waals surface area contributed by atoms with E-state index in [1.54, 1.807) is 6.07 Å². The van der Waals surface area contributed by atoms with Crippen LogP contribution in [0.4, 0.5) is 11.4 Å². The zero-order chi connectivity index (χ0) is 18.5. The van der Waals surface area contributed by atoms with Crippen LogP contribution in [0.25, 0.3) is 0 Å². The molecule has 1 aliphatic carbocycles. The molecule has 0 saturated carbocycles. The molecule has 2 aromatic carbocycles. The maximum Gasteiger partial charge on any atom is 0.311 e. The maximum atomic E-state index is 11.9. The van der Waals surface area contributed by atoms with E-state index in [1.807, 2.05) is 18.2 Å². The highest BCUT2D eigenvalue weighted by molar-refractivity contribution is 5.93. The minimum absolute atomic E-state index is 0.146. The molecule has 0 fully saturated rings. The van der Waals surface area contributed by atoms with Gasteiger partial charge in [0.1, 0.15) is 0 Å². The fourth-order valence-corrected chi connectivity index (χ4v) is 3.04. The van der Waals surface area contributed by atoms with E-state index in [0.717, 1.165) is 19.3 Å². The number of para-hydroxylation sites is 1. The second-order valence-electron chi connectivity index (χ2n) is 6.11. The van der Waals surface area contributed by atoms with E-state index in [-0.39, 0.29) is 17.7 Å². The third kappa shape index (κ3) is 4.24.